The molecule has 1 N–H and O–H groups in total. The van der Waals surface area contributed by atoms with Crippen LogP contribution in [0.5, 0.6) is 0 Å². The van der Waals surface area contributed by atoms with Gasteiger partial charge in [-0.05, 0) is 41.9 Å². The highest BCUT2D eigenvalue weighted by Crippen LogP contribution is 2.21. The highest BCUT2D eigenvalue weighted by molar-refractivity contribution is 9.10. The number of nitrogens with zero attached hydrogens (tertiary/aromatic N) is 1. The number of rotatable bonds is 6. The lowest BCUT2D eigenvalue weighted by molar-refractivity contribution is -0.140. The zero-order valence-corrected chi connectivity index (χ0v) is 12.8. The Morgan fingerprint density at radius 2 is 1.70 bits per heavy atom. The first-order valence-electron chi connectivity index (χ1n) is 6.02. The first kappa shape index (κ1) is 16.2. The monoisotopic (exact) mass is 342 g/mol. The number of hydrogen-bond donors (Lipinski definition) is 1. The summed E-state index contributed by atoms with van der Waals surface area (Å²) >= 11 is 3.32. The van der Waals surface area contributed by atoms with Crippen molar-refractivity contribution >= 4 is 39.3 Å². The van der Waals surface area contributed by atoms with E-state index in [2.05, 4.69) is 26.5 Å². The van der Waals surface area contributed by atoms with Crippen LogP contribution in [0.25, 0.3) is 0 Å². The van der Waals surface area contributed by atoms with E-state index in [4.69, 9.17) is 9.47 Å². The van der Waals surface area contributed by atoms with Gasteiger partial charge in [-0.15, -0.1) is 0 Å². The van der Waals surface area contributed by atoms with Gasteiger partial charge in [-0.2, -0.15) is 5.10 Å². The smallest absolute Gasteiger partial charge is 0.366 e. The van der Waals surface area contributed by atoms with E-state index < -0.39 is 17.7 Å². The fourth-order valence-corrected chi connectivity index (χ4v) is 1.61. The minimum atomic E-state index is -0.828. The third-order valence-corrected chi connectivity index (χ3v) is 2.79. The van der Waals surface area contributed by atoms with Crippen LogP contribution in [-0.2, 0) is 19.1 Å². The summed E-state index contributed by atoms with van der Waals surface area (Å²) < 4.78 is 10.3. The summed E-state index contributed by atoms with van der Waals surface area (Å²) in [6, 6.07) is 7.15. The number of hydrogen-bond acceptors (Lipinski definition) is 6. The van der Waals surface area contributed by atoms with Gasteiger partial charge in [0.05, 0.1) is 18.9 Å². The van der Waals surface area contributed by atoms with Crippen LogP contribution in [0.15, 0.2) is 33.8 Å². The van der Waals surface area contributed by atoms with Crippen LogP contribution in [0, 0.1) is 0 Å². The van der Waals surface area contributed by atoms with Gasteiger partial charge in [0.15, 0.2) is 0 Å². The summed E-state index contributed by atoms with van der Waals surface area (Å²) in [5.74, 6) is -1.66. The Bertz CT molecular complexity index is 497. The number of hydrazone groups is 1. The van der Waals surface area contributed by atoms with E-state index in [0.29, 0.717) is 5.69 Å². The SMILES string of the molecule is CCOC(=O)C(=NNc1ccccc1Br)C(=O)OCC. The molecule has 0 fully saturated rings. The van der Waals surface area contributed by atoms with E-state index in [1.54, 1.807) is 32.0 Å². The van der Waals surface area contributed by atoms with Crippen molar-refractivity contribution in [2.45, 2.75) is 13.8 Å². The number of halogens is 1. The van der Waals surface area contributed by atoms with E-state index in [9.17, 15) is 9.59 Å². The Morgan fingerprint density at radius 1 is 1.15 bits per heavy atom. The van der Waals surface area contributed by atoms with Gasteiger partial charge in [0.2, 0.25) is 0 Å². The number of ether oxygens (including phenoxy) is 2. The minimum Gasteiger partial charge on any atom is -0.461 e. The number of carbonyl (C=O) groups is 2. The normalized spacial score (nSPS) is 9.55. The van der Waals surface area contributed by atoms with Crippen molar-refractivity contribution in [2.75, 3.05) is 18.6 Å². The van der Waals surface area contributed by atoms with Crippen LogP contribution >= 0.6 is 15.9 Å². The molecule has 6 nitrogen and oxygen atoms in total. The Hall–Kier alpha value is -1.89. The fraction of sp³-hybridized carbons (Fsp3) is 0.308. The van der Waals surface area contributed by atoms with Crippen molar-refractivity contribution < 1.29 is 19.1 Å². The number of benzene rings is 1. The third kappa shape index (κ3) is 4.65. The summed E-state index contributed by atoms with van der Waals surface area (Å²) in [5.41, 5.74) is 2.81. The second-order valence-electron chi connectivity index (χ2n) is 3.49. The average molecular weight is 343 g/mol. The van der Waals surface area contributed by atoms with Crippen LogP contribution in [0.4, 0.5) is 5.69 Å². The molecule has 0 aliphatic rings. The maximum Gasteiger partial charge on any atom is 0.366 e. The van der Waals surface area contributed by atoms with Crippen molar-refractivity contribution in [3.63, 3.8) is 0 Å². The summed E-state index contributed by atoms with van der Waals surface area (Å²) in [5, 5.41) is 3.78. The number of anilines is 1. The maximum absolute atomic E-state index is 11.7. The van der Waals surface area contributed by atoms with Gasteiger partial charge in [-0.25, -0.2) is 9.59 Å². The second-order valence-corrected chi connectivity index (χ2v) is 4.35. The lowest BCUT2D eigenvalue weighted by Gasteiger charge is -2.07. The number of esters is 2. The van der Waals surface area contributed by atoms with Crippen LogP contribution < -0.4 is 5.43 Å². The van der Waals surface area contributed by atoms with E-state index in [1.807, 2.05) is 6.07 Å². The summed E-state index contributed by atoms with van der Waals surface area (Å²) in [6.45, 7) is 3.57. The number of para-hydroxylation sites is 1. The van der Waals surface area contributed by atoms with Gasteiger partial charge in [-0.3, -0.25) is 5.43 Å². The molecule has 0 heterocycles. The molecule has 1 aromatic rings. The lowest BCUT2D eigenvalue weighted by atomic mass is 10.3. The van der Waals surface area contributed by atoms with Gasteiger partial charge in [0, 0.05) is 4.47 Å². The zero-order chi connectivity index (χ0) is 15.0. The molecule has 1 aromatic carbocycles. The van der Waals surface area contributed by atoms with Crippen molar-refractivity contribution in [3.8, 4) is 0 Å². The summed E-state index contributed by atoms with van der Waals surface area (Å²) in [4.78, 5) is 23.3. The maximum atomic E-state index is 11.7. The molecule has 1 rings (SSSR count). The van der Waals surface area contributed by atoms with Crippen LogP contribution in [0.2, 0.25) is 0 Å². The van der Waals surface area contributed by atoms with Gasteiger partial charge < -0.3 is 9.47 Å². The van der Waals surface area contributed by atoms with Crippen LogP contribution in [0.1, 0.15) is 13.8 Å². The Balaban J connectivity index is 2.92. The topological polar surface area (TPSA) is 77.0 Å². The van der Waals surface area contributed by atoms with Gasteiger partial charge in [0.1, 0.15) is 0 Å². The molecule has 0 atom stereocenters. The van der Waals surface area contributed by atoms with E-state index in [-0.39, 0.29) is 13.2 Å². The van der Waals surface area contributed by atoms with Gasteiger partial charge >= 0.3 is 11.9 Å². The zero-order valence-electron chi connectivity index (χ0n) is 11.2. The molecular formula is C13H15BrN2O4. The molecule has 0 bridgehead atoms. The molecule has 7 heteroatoms. The minimum absolute atomic E-state index is 0.145. The quantitative estimate of drug-likeness (QED) is 0.371. The first-order chi connectivity index (χ1) is 9.60. The van der Waals surface area contributed by atoms with Gasteiger partial charge in [0.25, 0.3) is 5.71 Å². The number of nitrogens with one attached hydrogen (secondary N) is 1. The largest absolute Gasteiger partial charge is 0.461 e. The number of carbonyl (C=O) groups excluding carboxylic acids is 2. The van der Waals surface area contributed by atoms with Crippen LogP contribution in [-0.4, -0.2) is 30.9 Å². The van der Waals surface area contributed by atoms with Crippen LogP contribution in [0.3, 0.4) is 0 Å². The molecule has 0 amide bonds. The predicted octanol–water partition coefficient (Wildman–Crippen LogP) is 2.34. The molecule has 108 valence electrons. The molecule has 0 saturated carbocycles. The van der Waals surface area contributed by atoms with Crippen molar-refractivity contribution in [1.82, 2.24) is 0 Å². The summed E-state index contributed by atoms with van der Waals surface area (Å²) in [6.07, 6.45) is 0. The van der Waals surface area contributed by atoms with E-state index in [0.717, 1.165) is 4.47 Å². The Kier molecular flexibility index (Phi) is 6.72. The standard InChI is InChI=1S/C13H15BrN2O4/c1-3-19-12(17)11(13(18)20-4-2)16-15-10-8-6-5-7-9(10)14/h5-8,15H,3-4H2,1-2H3. The highest BCUT2D eigenvalue weighted by atomic mass is 79.9. The highest BCUT2D eigenvalue weighted by Gasteiger charge is 2.23. The molecule has 0 unspecified atom stereocenters. The molecule has 0 aliphatic carbocycles. The first-order valence-corrected chi connectivity index (χ1v) is 6.81. The molecular weight excluding hydrogens is 328 g/mol. The molecule has 0 spiro atoms. The second kappa shape index (κ2) is 8.31. The molecule has 0 aromatic heterocycles. The fourth-order valence-electron chi connectivity index (χ4n) is 1.24. The van der Waals surface area contributed by atoms with E-state index >= 15 is 0 Å². The molecule has 20 heavy (non-hydrogen) atoms. The molecule has 0 saturated heterocycles. The third-order valence-electron chi connectivity index (χ3n) is 2.10. The van der Waals surface area contributed by atoms with Crippen molar-refractivity contribution in [2.24, 2.45) is 5.10 Å². The average Bonchev–Trinajstić information content (AvgIpc) is 2.41. The Morgan fingerprint density at radius 3 is 2.20 bits per heavy atom. The molecule has 0 radical (unpaired) electrons. The predicted molar refractivity (Wildman–Crippen MR) is 78.5 cm³/mol. The lowest BCUT2D eigenvalue weighted by Crippen LogP contribution is -2.29. The molecule has 0 aliphatic heterocycles. The van der Waals surface area contributed by atoms with Crippen molar-refractivity contribution in [3.05, 3.63) is 28.7 Å². The van der Waals surface area contributed by atoms with Gasteiger partial charge in [-0.1, -0.05) is 12.1 Å². The van der Waals surface area contributed by atoms with E-state index in [1.165, 1.54) is 0 Å². The summed E-state index contributed by atoms with van der Waals surface area (Å²) in [7, 11) is 0. The van der Waals surface area contributed by atoms with Crippen molar-refractivity contribution in [1.29, 1.82) is 0 Å². The Labute approximate surface area is 125 Å².